The molecule has 0 saturated carbocycles. The van der Waals surface area contributed by atoms with E-state index < -0.39 is 16.9 Å². The van der Waals surface area contributed by atoms with E-state index in [1.807, 2.05) is 30.3 Å². The van der Waals surface area contributed by atoms with Gasteiger partial charge < -0.3 is 9.72 Å². The summed E-state index contributed by atoms with van der Waals surface area (Å²) in [4.78, 5) is 20.2. The number of fused-ring (bicyclic) bond motifs is 1. The van der Waals surface area contributed by atoms with Crippen molar-refractivity contribution >= 4 is 45.6 Å². The predicted molar refractivity (Wildman–Crippen MR) is 95.7 cm³/mol. The summed E-state index contributed by atoms with van der Waals surface area (Å²) in [5.74, 6) is 0.290. The molecule has 0 spiro atoms. The second-order valence-electron chi connectivity index (χ2n) is 4.80. The normalized spacial score (nSPS) is 12.0. The number of carbonyl (C=O) groups is 1. The fourth-order valence-electron chi connectivity index (χ4n) is 2.04. The van der Waals surface area contributed by atoms with Gasteiger partial charge in [-0.15, -0.1) is 11.8 Å². The maximum atomic E-state index is 12.5. The molecule has 1 atom stereocenters. The highest BCUT2D eigenvalue weighted by Crippen LogP contribution is 2.23. The van der Waals surface area contributed by atoms with Crippen LogP contribution in [0, 0.1) is 0 Å². The Kier molecular flexibility index (Phi) is 5.17. The Balaban J connectivity index is 1.72. The average Bonchev–Trinajstić information content (AvgIpc) is 3.01. The molecule has 1 unspecified atom stereocenters. The van der Waals surface area contributed by atoms with Gasteiger partial charge in [0.25, 0.3) is 0 Å². The number of rotatable bonds is 5. The Labute approximate surface area is 145 Å². The first-order valence-electron chi connectivity index (χ1n) is 7.06. The lowest BCUT2D eigenvalue weighted by Crippen LogP contribution is -2.11. The number of amides is 1. The van der Waals surface area contributed by atoms with E-state index in [-0.39, 0.29) is 0 Å². The van der Waals surface area contributed by atoms with Crippen molar-refractivity contribution in [2.75, 3.05) is 17.5 Å². The summed E-state index contributed by atoms with van der Waals surface area (Å²) in [7, 11) is 0.142. The van der Waals surface area contributed by atoms with Crippen molar-refractivity contribution < 1.29 is 13.7 Å². The van der Waals surface area contributed by atoms with E-state index in [9.17, 15) is 9.00 Å². The van der Waals surface area contributed by atoms with Gasteiger partial charge in [-0.05, 0) is 30.3 Å². The molecule has 0 aliphatic heterocycles. The number of aromatic amines is 1. The number of hydrogen-bond donors (Lipinski definition) is 2. The van der Waals surface area contributed by atoms with E-state index in [0.717, 1.165) is 4.90 Å². The van der Waals surface area contributed by atoms with Gasteiger partial charge in [0.1, 0.15) is 0 Å². The molecule has 1 amide bonds. The minimum Gasteiger partial charge on any atom is -0.453 e. The number of hydrogen-bond acceptors (Lipinski definition) is 5. The maximum Gasteiger partial charge on any atom is 0.413 e. The van der Waals surface area contributed by atoms with Gasteiger partial charge in [-0.1, -0.05) is 18.2 Å². The van der Waals surface area contributed by atoms with E-state index in [1.54, 1.807) is 30.0 Å². The van der Waals surface area contributed by atoms with Crippen LogP contribution in [0.1, 0.15) is 0 Å². The number of imidazole rings is 1. The van der Waals surface area contributed by atoms with E-state index in [4.69, 9.17) is 0 Å². The standard InChI is InChI=1S/C16H15N3O3S2/c1-22-16(20)19-15-17-13-8-7-12(9-14(13)18-15)24(21)10-23-11-5-3-2-4-6-11/h2-9H,10H2,1H3,(H2,17,18,19,20). The first kappa shape index (κ1) is 16.5. The van der Waals surface area contributed by atoms with Crippen LogP contribution in [0.25, 0.3) is 11.0 Å². The van der Waals surface area contributed by atoms with Crippen molar-refractivity contribution in [3.8, 4) is 0 Å². The number of aromatic nitrogens is 2. The topological polar surface area (TPSA) is 84.1 Å². The Morgan fingerprint density at radius 1 is 1.29 bits per heavy atom. The van der Waals surface area contributed by atoms with E-state index >= 15 is 0 Å². The summed E-state index contributed by atoms with van der Waals surface area (Å²) in [5, 5.41) is 2.94. The highest BCUT2D eigenvalue weighted by atomic mass is 32.2. The Hall–Kier alpha value is -2.32. The summed E-state index contributed by atoms with van der Waals surface area (Å²) in [6, 6.07) is 15.2. The monoisotopic (exact) mass is 361 g/mol. The number of anilines is 1. The van der Waals surface area contributed by atoms with Crippen LogP contribution < -0.4 is 5.32 Å². The molecular weight excluding hydrogens is 346 g/mol. The zero-order valence-corrected chi connectivity index (χ0v) is 14.4. The second kappa shape index (κ2) is 7.50. The lowest BCUT2D eigenvalue weighted by Gasteiger charge is -2.02. The van der Waals surface area contributed by atoms with Gasteiger partial charge >= 0.3 is 6.09 Å². The fourth-order valence-corrected chi connectivity index (χ4v) is 4.38. The Morgan fingerprint density at radius 2 is 2.08 bits per heavy atom. The van der Waals surface area contributed by atoms with Crippen molar-refractivity contribution in [2.24, 2.45) is 0 Å². The molecule has 0 saturated heterocycles. The predicted octanol–water partition coefficient (Wildman–Crippen LogP) is 3.60. The average molecular weight is 361 g/mol. The summed E-state index contributed by atoms with van der Waals surface area (Å²) in [6.45, 7) is 0. The van der Waals surface area contributed by atoms with Crippen LogP contribution in [0.2, 0.25) is 0 Å². The summed E-state index contributed by atoms with van der Waals surface area (Å²) < 4.78 is 17.0. The molecule has 24 heavy (non-hydrogen) atoms. The van der Waals surface area contributed by atoms with Crippen molar-refractivity contribution in [1.29, 1.82) is 0 Å². The summed E-state index contributed by atoms with van der Waals surface area (Å²) in [5.41, 5.74) is 1.38. The number of nitrogens with one attached hydrogen (secondary N) is 2. The van der Waals surface area contributed by atoms with Gasteiger partial charge in [-0.3, -0.25) is 9.53 Å². The lowest BCUT2D eigenvalue weighted by atomic mass is 10.3. The minimum atomic E-state index is -1.14. The van der Waals surface area contributed by atoms with Crippen LogP contribution in [0.4, 0.5) is 10.7 Å². The number of benzene rings is 2. The second-order valence-corrected chi connectivity index (χ2v) is 7.67. The van der Waals surface area contributed by atoms with Gasteiger partial charge in [0, 0.05) is 9.79 Å². The first-order chi connectivity index (χ1) is 11.7. The molecular formula is C16H15N3O3S2. The number of thioether (sulfide) groups is 1. The highest BCUT2D eigenvalue weighted by Gasteiger charge is 2.10. The molecule has 0 aliphatic rings. The number of carbonyl (C=O) groups excluding carboxylic acids is 1. The smallest absolute Gasteiger partial charge is 0.413 e. The molecule has 0 radical (unpaired) electrons. The van der Waals surface area contributed by atoms with Crippen LogP contribution in [0.3, 0.4) is 0 Å². The van der Waals surface area contributed by atoms with E-state index in [0.29, 0.717) is 27.0 Å². The number of ether oxygens (including phenoxy) is 1. The SMILES string of the molecule is COC(=O)Nc1nc2ccc(S(=O)CSc3ccccc3)cc2[nH]1. The first-order valence-corrected chi connectivity index (χ1v) is 9.37. The third-order valence-corrected chi connectivity index (χ3v) is 5.91. The third-order valence-electron chi connectivity index (χ3n) is 3.20. The number of H-pyrrole nitrogens is 1. The zero-order chi connectivity index (χ0) is 16.9. The molecule has 0 aliphatic carbocycles. The molecule has 0 bridgehead atoms. The molecule has 8 heteroatoms. The van der Waals surface area contributed by atoms with Gasteiger partial charge in [0.15, 0.2) is 0 Å². The van der Waals surface area contributed by atoms with Crippen LogP contribution in [-0.2, 0) is 15.5 Å². The van der Waals surface area contributed by atoms with E-state index in [1.165, 1.54) is 7.11 Å². The van der Waals surface area contributed by atoms with Crippen LogP contribution in [0.5, 0.6) is 0 Å². The summed E-state index contributed by atoms with van der Waals surface area (Å²) in [6.07, 6.45) is -0.600. The molecule has 124 valence electrons. The zero-order valence-electron chi connectivity index (χ0n) is 12.8. The third kappa shape index (κ3) is 3.95. The van der Waals surface area contributed by atoms with E-state index in [2.05, 4.69) is 20.0 Å². The maximum absolute atomic E-state index is 12.5. The lowest BCUT2D eigenvalue weighted by molar-refractivity contribution is 0.186. The van der Waals surface area contributed by atoms with Crippen molar-refractivity contribution in [1.82, 2.24) is 9.97 Å². The molecule has 1 heterocycles. The number of methoxy groups -OCH3 is 1. The van der Waals surface area contributed by atoms with Crippen LogP contribution in [0.15, 0.2) is 58.3 Å². The van der Waals surface area contributed by atoms with Gasteiger partial charge in [-0.2, -0.15) is 0 Å². The van der Waals surface area contributed by atoms with Crippen molar-refractivity contribution in [3.63, 3.8) is 0 Å². The van der Waals surface area contributed by atoms with Gasteiger partial charge in [0.05, 0.1) is 34.0 Å². The number of nitrogens with zero attached hydrogens (tertiary/aromatic N) is 1. The van der Waals surface area contributed by atoms with Gasteiger partial charge in [0.2, 0.25) is 5.95 Å². The quantitative estimate of drug-likeness (QED) is 0.678. The molecule has 2 aromatic carbocycles. The Morgan fingerprint density at radius 3 is 2.83 bits per heavy atom. The fraction of sp³-hybridized carbons (Fsp3) is 0.125. The van der Waals surface area contributed by atoms with Crippen molar-refractivity contribution in [3.05, 3.63) is 48.5 Å². The summed E-state index contributed by atoms with van der Waals surface area (Å²) >= 11 is 1.55. The van der Waals surface area contributed by atoms with Crippen LogP contribution in [-0.4, -0.2) is 32.5 Å². The molecule has 3 rings (SSSR count). The molecule has 2 N–H and O–H groups in total. The van der Waals surface area contributed by atoms with Crippen LogP contribution >= 0.6 is 11.8 Å². The molecule has 1 aromatic heterocycles. The van der Waals surface area contributed by atoms with Crippen molar-refractivity contribution in [2.45, 2.75) is 9.79 Å². The van der Waals surface area contributed by atoms with Gasteiger partial charge in [-0.25, -0.2) is 9.78 Å². The molecule has 6 nitrogen and oxygen atoms in total. The molecule has 0 fully saturated rings. The molecule has 3 aromatic rings. The minimum absolute atomic E-state index is 0.290. The largest absolute Gasteiger partial charge is 0.453 e. The Bertz CT molecular complexity index is 881. The highest BCUT2D eigenvalue weighted by molar-refractivity contribution is 8.10.